The van der Waals surface area contributed by atoms with E-state index in [4.69, 9.17) is 9.47 Å². The summed E-state index contributed by atoms with van der Waals surface area (Å²) >= 11 is 0. The average Bonchev–Trinajstić information content (AvgIpc) is 2.65. The van der Waals surface area contributed by atoms with Crippen LogP contribution in [0.4, 0.5) is 5.69 Å². The van der Waals surface area contributed by atoms with E-state index in [-0.39, 0.29) is 18.3 Å². The molecular weight excluding hydrogens is 318 g/mol. The smallest absolute Gasteiger partial charge is 0.262 e. The maximum absolute atomic E-state index is 12.4. The number of amides is 1. The molecule has 0 fully saturated rings. The molecule has 2 aromatic carbocycles. The van der Waals surface area contributed by atoms with Gasteiger partial charge in [0.05, 0.1) is 5.69 Å². The zero-order valence-electron chi connectivity index (χ0n) is 13.3. The maximum atomic E-state index is 12.4. The minimum Gasteiger partial charge on any atom is -0.488 e. The Labute approximate surface area is 144 Å². The van der Waals surface area contributed by atoms with Crippen LogP contribution in [-0.4, -0.2) is 24.9 Å². The Hall–Kier alpha value is -3.34. The Morgan fingerprint density at radius 3 is 2.80 bits per heavy atom. The van der Waals surface area contributed by atoms with Gasteiger partial charge in [-0.05, 0) is 42.0 Å². The van der Waals surface area contributed by atoms with Crippen LogP contribution in [0.25, 0.3) is 6.08 Å². The third-order valence-corrected chi connectivity index (χ3v) is 4.00. The monoisotopic (exact) mass is 333 g/mol. The molecule has 2 aliphatic heterocycles. The van der Waals surface area contributed by atoms with Gasteiger partial charge < -0.3 is 14.8 Å². The van der Waals surface area contributed by atoms with Crippen LogP contribution in [0, 0.1) is 0 Å². The van der Waals surface area contributed by atoms with Crippen molar-refractivity contribution in [2.24, 2.45) is 0 Å². The second-order valence-corrected chi connectivity index (χ2v) is 5.79. The van der Waals surface area contributed by atoms with Gasteiger partial charge in [-0.3, -0.25) is 9.59 Å². The Bertz CT molecular complexity index is 927. The number of hydrogen-bond acceptors (Lipinski definition) is 4. The number of anilines is 1. The lowest BCUT2D eigenvalue weighted by molar-refractivity contribution is -0.118. The highest BCUT2D eigenvalue weighted by Crippen LogP contribution is 2.29. The molecule has 0 saturated carbocycles. The fourth-order valence-electron chi connectivity index (χ4n) is 2.75. The largest absolute Gasteiger partial charge is 0.488 e. The average molecular weight is 333 g/mol. The highest BCUT2D eigenvalue weighted by molar-refractivity contribution is 6.06. The molecule has 1 amide bonds. The maximum Gasteiger partial charge on any atom is 0.262 e. The topological polar surface area (TPSA) is 64.6 Å². The lowest BCUT2D eigenvalue weighted by atomic mass is 10.0. The van der Waals surface area contributed by atoms with E-state index in [0.29, 0.717) is 23.6 Å². The normalized spacial score (nSPS) is 15.4. The van der Waals surface area contributed by atoms with Gasteiger partial charge in [-0.1, -0.05) is 24.3 Å². The number of ketones is 1. The van der Waals surface area contributed by atoms with Crippen molar-refractivity contribution in [1.82, 2.24) is 0 Å². The van der Waals surface area contributed by atoms with Crippen molar-refractivity contribution < 1.29 is 19.1 Å². The lowest BCUT2D eigenvalue weighted by Crippen LogP contribution is -2.25. The van der Waals surface area contributed by atoms with Crippen molar-refractivity contribution in [3.8, 4) is 11.5 Å². The van der Waals surface area contributed by atoms with E-state index >= 15 is 0 Å². The van der Waals surface area contributed by atoms with Gasteiger partial charge >= 0.3 is 0 Å². The van der Waals surface area contributed by atoms with Crippen molar-refractivity contribution in [3.63, 3.8) is 0 Å². The quantitative estimate of drug-likeness (QED) is 0.692. The van der Waals surface area contributed by atoms with E-state index in [9.17, 15) is 9.59 Å². The first kappa shape index (κ1) is 15.2. The molecule has 0 aliphatic carbocycles. The van der Waals surface area contributed by atoms with Crippen LogP contribution in [0.3, 0.4) is 0 Å². The summed E-state index contributed by atoms with van der Waals surface area (Å²) in [6.07, 6.45) is 5.27. The van der Waals surface area contributed by atoms with E-state index in [1.807, 2.05) is 30.3 Å². The summed E-state index contributed by atoms with van der Waals surface area (Å²) in [6, 6.07) is 12.8. The predicted octanol–water partition coefficient (Wildman–Crippen LogP) is 3.23. The standard InChI is InChI=1S/C20H15NO4/c22-17(14-6-8-19-16(10-14)21-20(23)12-25-19)7-5-13-9-15-3-1-2-4-18(15)24-11-13/h1-10H,11-12H2,(H,21,23). The van der Waals surface area contributed by atoms with E-state index < -0.39 is 0 Å². The van der Waals surface area contributed by atoms with Crippen LogP contribution in [0.15, 0.2) is 60.2 Å². The van der Waals surface area contributed by atoms with Gasteiger partial charge in [0.25, 0.3) is 5.91 Å². The van der Waals surface area contributed by atoms with Crippen LogP contribution in [0.2, 0.25) is 0 Å². The van der Waals surface area contributed by atoms with Gasteiger partial charge in [0.2, 0.25) is 0 Å². The third-order valence-electron chi connectivity index (χ3n) is 4.00. The van der Waals surface area contributed by atoms with E-state index in [1.165, 1.54) is 6.08 Å². The number of para-hydroxylation sites is 1. The zero-order valence-corrected chi connectivity index (χ0v) is 13.3. The molecule has 0 unspecified atom stereocenters. The number of allylic oxidation sites excluding steroid dienone is 1. The minimum absolute atomic E-state index is 0.00414. The molecule has 2 aromatic rings. The number of benzene rings is 2. The molecule has 2 heterocycles. The second-order valence-electron chi connectivity index (χ2n) is 5.79. The fraction of sp³-hybridized carbons (Fsp3) is 0.100. The molecule has 124 valence electrons. The van der Waals surface area contributed by atoms with E-state index in [2.05, 4.69) is 5.32 Å². The summed E-state index contributed by atoms with van der Waals surface area (Å²) in [5.41, 5.74) is 2.92. The molecule has 1 N–H and O–H groups in total. The molecule has 25 heavy (non-hydrogen) atoms. The summed E-state index contributed by atoms with van der Waals surface area (Å²) in [6.45, 7) is 0.421. The van der Waals surface area contributed by atoms with Gasteiger partial charge in [-0.25, -0.2) is 0 Å². The van der Waals surface area contributed by atoms with Crippen LogP contribution >= 0.6 is 0 Å². The van der Waals surface area contributed by atoms with Crippen LogP contribution in [-0.2, 0) is 4.79 Å². The van der Waals surface area contributed by atoms with Gasteiger partial charge in [-0.2, -0.15) is 0 Å². The predicted molar refractivity (Wildman–Crippen MR) is 94.0 cm³/mol. The Morgan fingerprint density at radius 2 is 1.88 bits per heavy atom. The molecule has 0 bridgehead atoms. The first-order chi connectivity index (χ1) is 12.2. The molecule has 0 saturated heterocycles. The highest BCUT2D eigenvalue weighted by Gasteiger charge is 2.17. The first-order valence-corrected chi connectivity index (χ1v) is 7.90. The molecule has 4 rings (SSSR count). The van der Waals surface area contributed by atoms with Gasteiger partial charge in [0.15, 0.2) is 12.4 Å². The Morgan fingerprint density at radius 1 is 1.04 bits per heavy atom. The lowest BCUT2D eigenvalue weighted by Gasteiger charge is -2.18. The van der Waals surface area contributed by atoms with Crippen LogP contribution in [0.1, 0.15) is 15.9 Å². The fourth-order valence-corrected chi connectivity index (χ4v) is 2.75. The summed E-state index contributed by atoms with van der Waals surface area (Å²) in [7, 11) is 0. The SMILES string of the molecule is O=C1COc2ccc(C(=O)C=CC3=Cc4ccccc4OC3)cc2N1. The van der Waals surface area contributed by atoms with Gasteiger partial charge in [0.1, 0.15) is 18.1 Å². The molecule has 0 atom stereocenters. The Balaban J connectivity index is 1.53. The second kappa shape index (κ2) is 6.28. The minimum atomic E-state index is -0.226. The van der Waals surface area contributed by atoms with Gasteiger partial charge in [0, 0.05) is 11.1 Å². The molecular formula is C20H15NO4. The molecule has 5 heteroatoms. The van der Waals surface area contributed by atoms with E-state index in [1.54, 1.807) is 24.3 Å². The number of nitrogens with one attached hydrogen (secondary N) is 1. The molecule has 2 aliphatic rings. The molecule has 0 aromatic heterocycles. The number of carbonyl (C=O) groups is 2. The number of hydrogen-bond donors (Lipinski definition) is 1. The number of ether oxygens (including phenoxy) is 2. The highest BCUT2D eigenvalue weighted by atomic mass is 16.5. The van der Waals surface area contributed by atoms with Gasteiger partial charge in [-0.15, -0.1) is 0 Å². The van der Waals surface area contributed by atoms with E-state index in [0.717, 1.165) is 16.9 Å². The molecule has 0 spiro atoms. The number of rotatable bonds is 3. The summed E-state index contributed by atoms with van der Waals surface area (Å²) in [4.78, 5) is 23.8. The van der Waals surface area contributed by atoms with Crippen molar-refractivity contribution in [3.05, 3.63) is 71.3 Å². The summed E-state index contributed by atoms with van der Waals surface area (Å²) < 4.78 is 11.0. The van der Waals surface area contributed by atoms with Crippen molar-refractivity contribution in [2.45, 2.75) is 0 Å². The summed E-state index contributed by atoms with van der Waals surface area (Å²) in [5.74, 6) is 1.04. The van der Waals surface area contributed by atoms with Crippen molar-refractivity contribution in [2.75, 3.05) is 18.5 Å². The number of carbonyl (C=O) groups excluding carboxylic acids is 2. The third kappa shape index (κ3) is 3.17. The Kier molecular flexibility index (Phi) is 3.82. The zero-order chi connectivity index (χ0) is 17.2. The molecule has 5 nitrogen and oxygen atoms in total. The van der Waals surface area contributed by atoms with Crippen LogP contribution < -0.4 is 14.8 Å². The van der Waals surface area contributed by atoms with Crippen LogP contribution in [0.5, 0.6) is 11.5 Å². The van der Waals surface area contributed by atoms with Crippen molar-refractivity contribution >= 4 is 23.5 Å². The first-order valence-electron chi connectivity index (χ1n) is 7.90. The summed E-state index contributed by atoms with van der Waals surface area (Å²) in [5, 5.41) is 2.70. The molecule has 0 radical (unpaired) electrons. The number of fused-ring (bicyclic) bond motifs is 2. The van der Waals surface area contributed by atoms with Crippen molar-refractivity contribution in [1.29, 1.82) is 0 Å².